The minimum atomic E-state index is -0.360. The number of ether oxygens (including phenoxy) is 1. The fourth-order valence-electron chi connectivity index (χ4n) is 2.64. The average molecular weight is 267 g/mol. The summed E-state index contributed by atoms with van der Waals surface area (Å²) < 4.78 is 5.74. The third kappa shape index (κ3) is 4.98. The summed E-state index contributed by atoms with van der Waals surface area (Å²) in [5, 5.41) is 0. The lowest BCUT2D eigenvalue weighted by atomic mass is 9.79. The van der Waals surface area contributed by atoms with Crippen LogP contribution in [-0.4, -0.2) is 36.1 Å². The number of allylic oxidation sites excluding steroid dienone is 2. The first-order chi connectivity index (χ1) is 8.89. The molecule has 1 aliphatic carbocycles. The zero-order valence-corrected chi connectivity index (χ0v) is 13.2. The molecule has 0 saturated carbocycles. The van der Waals surface area contributed by atoms with Gasteiger partial charge >= 0.3 is 5.97 Å². The average Bonchev–Trinajstić information content (AvgIpc) is 2.35. The largest absolute Gasteiger partial charge is 0.458 e. The molecule has 1 aliphatic rings. The molecule has 1 unspecified atom stereocenters. The van der Waals surface area contributed by atoms with E-state index in [-0.39, 0.29) is 11.6 Å². The van der Waals surface area contributed by atoms with E-state index in [0.29, 0.717) is 12.5 Å². The minimum Gasteiger partial charge on any atom is -0.458 e. The molecule has 19 heavy (non-hydrogen) atoms. The summed E-state index contributed by atoms with van der Waals surface area (Å²) in [5.74, 6) is 0.344. The van der Waals surface area contributed by atoms with E-state index in [1.807, 2.05) is 13.8 Å². The molecule has 1 rings (SSSR count). The van der Waals surface area contributed by atoms with Crippen LogP contribution in [0.2, 0.25) is 0 Å². The summed E-state index contributed by atoms with van der Waals surface area (Å²) in [6.45, 7) is 12.6. The van der Waals surface area contributed by atoms with Crippen molar-refractivity contribution in [1.82, 2.24) is 4.90 Å². The van der Waals surface area contributed by atoms with E-state index in [1.165, 1.54) is 5.57 Å². The maximum atomic E-state index is 12.0. The van der Waals surface area contributed by atoms with Gasteiger partial charge in [0.25, 0.3) is 0 Å². The van der Waals surface area contributed by atoms with Crippen LogP contribution in [0.25, 0.3) is 0 Å². The van der Waals surface area contributed by atoms with Crippen molar-refractivity contribution in [1.29, 1.82) is 0 Å². The predicted octanol–water partition coefficient (Wildman–Crippen LogP) is 3.40. The highest BCUT2D eigenvalue weighted by molar-refractivity contribution is 5.72. The molecule has 1 atom stereocenters. The van der Waals surface area contributed by atoms with Crippen LogP contribution in [0.15, 0.2) is 11.6 Å². The number of likely N-dealkylation sites (N-methyl/N-ethyl adjacent to an activating group) is 1. The second-order valence-electron chi connectivity index (χ2n) is 6.06. The van der Waals surface area contributed by atoms with E-state index in [1.54, 1.807) is 0 Å². The van der Waals surface area contributed by atoms with Crippen molar-refractivity contribution in [3.8, 4) is 0 Å². The third-order valence-electron chi connectivity index (χ3n) is 4.25. The van der Waals surface area contributed by atoms with Crippen molar-refractivity contribution in [3.63, 3.8) is 0 Å². The lowest BCUT2D eigenvalue weighted by molar-refractivity contribution is -0.163. The van der Waals surface area contributed by atoms with Gasteiger partial charge in [-0.1, -0.05) is 25.5 Å². The first kappa shape index (κ1) is 16.2. The molecule has 0 amide bonds. The summed E-state index contributed by atoms with van der Waals surface area (Å²) in [6, 6.07) is 0. The van der Waals surface area contributed by atoms with Crippen LogP contribution in [0.3, 0.4) is 0 Å². The van der Waals surface area contributed by atoms with Gasteiger partial charge in [-0.15, -0.1) is 0 Å². The van der Waals surface area contributed by atoms with Gasteiger partial charge in [-0.05, 0) is 53.1 Å². The van der Waals surface area contributed by atoms with E-state index < -0.39 is 0 Å². The Kier molecular flexibility index (Phi) is 6.05. The Morgan fingerprint density at radius 1 is 1.42 bits per heavy atom. The van der Waals surface area contributed by atoms with Crippen LogP contribution >= 0.6 is 0 Å². The monoisotopic (exact) mass is 267 g/mol. The Morgan fingerprint density at radius 3 is 2.53 bits per heavy atom. The van der Waals surface area contributed by atoms with Gasteiger partial charge in [0.2, 0.25) is 0 Å². The van der Waals surface area contributed by atoms with Gasteiger partial charge < -0.3 is 4.74 Å². The van der Waals surface area contributed by atoms with Crippen molar-refractivity contribution in [2.24, 2.45) is 5.92 Å². The maximum absolute atomic E-state index is 12.0. The Labute approximate surface area is 118 Å². The fourth-order valence-corrected chi connectivity index (χ4v) is 2.64. The molecule has 0 spiro atoms. The second-order valence-corrected chi connectivity index (χ2v) is 6.06. The summed E-state index contributed by atoms with van der Waals surface area (Å²) in [7, 11) is 0. The zero-order valence-electron chi connectivity index (χ0n) is 13.2. The van der Waals surface area contributed by atoms with Crippen molar-refractivity contribution in [2.75, 3.05) is 19.6 Å². The number of rotatable bonds is 6. The molecule has 0 aromatic rings. The molecule has 0 aliphatic heterocycles. The number of carbonyl (C=O) groups excluding carboxylic acids is 1. The molecule has 0 fully saturated rings. The van der Waals surface area contributed by atoms with E-state index in [2.05, 4.69) is 31.7 Å². The minimum absolute atomic E-state index is 0.0972. The topological polar surface area (TPSA) is 29.5 Å². The molecular formula is C16H29NO2. The number of hydrogen-bond acceptors (Lipinski definition) is 3. The lowest BCUT2D eigenvalue weighted by Gasteiger charge is -2.36. The van der Waals surface area contributed by atoms with Gasteiger partial charge in [-0.25, -0.2) is 0 Å². The SMILES string of the molecule is CCN(CC)CC(=O)OC(C)(C)C1CC=C(C)CC1. The second kappa shape index (κ2) is 7.09. The predicted molar refractivity (Wildman–Crippen MR) is 79.1 cm³/mol. The first-order valence-electron chi connectivity index (χ1n) is 7.48. The third-order valence-corrected chi connectivity index (χ3v) is 4.25. The molecule has 0 bridgehead atoms. The van der Waals surface area contributed by atoms with Crippen LogP contribution in [0.4, 0.5) is 0 Å². The van der Waals surface area contributed by atoms with E-state index in [0.717, 1.165) is 32.4 Å². The Morgan fingerprint density at radius 2 is 2.05 bits per heavy atom. The van der Waals surface area contributed by atoms with E-state index in [9.17, 15) is 4.79 Å². The Hall–Kier alpha value is -0.830. The number of hydrogen-bond donors (Lipinski definition) is 0. The van der Waals surface area contributed by atoms with Gasteiger partial charge in [-0.3, -0.25) is 9.69 Å². The van der Waals surface area contributed by atoms with Crippen LogP contribution in [0, 0.1) is 5.92 Å². The number of carbonyl (C=O) groups is 1. The van der Waals surface area contributed by atoms with Crippen molar-refractivity contribution in [2.45, 2.75) is 59.5 Å². The van der Waals surface area contributed by atoms with Crippen molar-refractivity contribution < 1.29 is 9.53 Å². The summed E-state index contributed by atoms with van der Waals surface area (Å²) in [6.07, 6.45) is 5.56. The Balaban J connectivity index is 2.52. The maximum Gasteiger partial charge on any atom is 0.320 e. The van der Waals surface area contributed by atoms with Gasteiger partial charge in [0.05, 0.1) is 6.54 Å². The fraction of sp³-hybridized carbons (Fsp3) is 0.812. The van der Waals surface area contributed by atoms with Crippen molar-refractivity contribution in [3.05, 3.63) is 11.6 Å². The van der Waals surface area contributed by atoms with Gasteiger partial charge in [-0.2, -0.15) is 0 Å². The van der Waals surface area contributed by atoms with Crippen LogP contribution in [0.1, 0.15) is 53.9 Å². The first-order valence-corrected chi connectivity index (χ1v) is 7.48. The molecule has 0 N–H and O–H groups in total. The summed E-state index contributed by atoms with van der Waals surface area (Å²) in [4.78, 5) is 14.1. The van der Waals surface area contributed by atoms with E-state index in [4.69, 9.17) is 4.74 Å². The molecule has 0 heterocycles. The molecule has 3 nitrogen and oxygen atoms in total. The molecule has 110 valence electrons. The highest BCUT2D eigenvalue weighted by atomic mass is 16.6. The standard InChI is InChI=1S/C16H29NO2/c1-6-17(7-2)12-15(18)19-16(4,5)14-10-8-13(3)9-11-14/h8,14H,6-7,9-12H2,1-5H3. The van der Waals surface area contributed by atoms with Gasteiger partial charge in [0.15, 0.2) is 0 Å². The smallest absolute Gasteiger partial charge is 0.320 e. The van der Waals surface area contributed by atoms with Crippen LogP contribution < -0.4 is 0 Å². The molecular weight excluding hydrogens is 238 g/mol. The van der Waals surface area contributed by atoms with Crippen LogP contribution in [-0.2, 0) is 9.53 Å². The molecule has 0 saturated heterocycles. The van der Waals surface area contributed by atoms with Gasteiger partial charge in [0, 0.05) is 5.92 Å². The molecule has 0 aromatic carbocycles. The molecule has 0 radical (unpaired) electrons. The van der Waals surface area contributed by atoms with Crippen molar-refractivity contribution >= 4 is 5.97 Å². The summed E-state index contributed by atoms with van der Waals surface area (Å²) in [5.41, 5.74) is 1.10. The Bertz CT molecular complexity index is 330. The highest BCUT2D eigenvalue weighted by Crippen LogP contribution is 2.34. The van der Waals surface area contributed by atoms with Crippen LogP contribution in [0.5, 0.6) is 0 Å². The highest BCUT2D eigenvalue weighted by Gasteiger charge is 2.33. The van der Waals surface area contributed by atoms with E-state index >= 15 is 0 Å². The number of esters is 1. The lowest BCUT2D eigenvalue weighted by Crippen LogP contribution is -2.41. The normalized spacial score (nSPS) is 20.3. The number of nitrogens with zero attached hydrogens (tertiary/aromatic N) is 1. The zero-order chi connectivity index (χ0) is 14.5. The molecule has 0 aromatic heterocycles. The molecule has 3 heteroatoms. The summed E-state index contributed by atoms with van der Waals surface area (Å²) >= 11 is 0. The van der Waals surface area contributed by atoms with Gasteiger partial charge in [0.1, 0.15) is 5.60 Å². The quantitative estimate of drug-likeness (QED) is 0.545.